The van der Waals surface area contributed by atoms with Crippen molar-refractivity contribution in [2.75, 3.05) is 19.1 Å². The van der Waals surface area contributed by atoms with Crippen molar-refractivity contribution in [1.82, 2.24) is 0 Å². The van der Waals surface area contributed by atoms with E-state index in [0.717, 1.165) is 11.1 Å². The molecule has 33 heavy (non-hydrogen) atoms. The van der Waals surface area contributed by atoms with Crippen LogP contribution in [0.3, 0.4) is 0 Å². The molecule has 170 valence electrons. The highest BCUT2D eigenvalue weighted by atomic mass is 35.5. The minimum Gasteiger partial charge on any atom is -0.493 e. The number of benzene rings is 3. The highest BCUT2D eigenvalue weighted by Crippen LogP contribution is 2.44. The number of rotatable bonds is 7. The molecule has 1 aliphatic heterocycles. The Hall–Kier alpha value is -3.78. The smallest absolute Gasteiger partial charge is 0.271 e. The highest BCUT2D eigenvalue weighted by molar-refractivity contribution is 6.30. The minimum atomic E-state index is -0.845. The summed E-state index contributed by atoms with van der Waals surface area (Å²) in [4.78, 5) is 25.5. The van der Waals surface area contributed by atoms with Gasteiger partial charge in [0.15, 0.2) is 11.5 Å². The number of methoxy groups -OCH3 is 2. The van der Waals surface area contributed by atoms with Crippen LogP contribution in [0, 0.1) is 17.0 Å². The van der Waals surface area contributed by atoms with Gasteiger partial charge in [-0.2, -0.15) is 0 Å². The number of amides is 1. The first kappa shape index (κ1) is 22.4. The van der Waals surface area contributed by atoms with Crippen molar-refractivity contribution in [2.45, 2.75) is 19.1 Å². The minimum absolute atomic E-state index is 0.107. The predicted octanol–water partition coefficient (Wildman–Crippen LogP) is 5.11. The lowest BCUT2D eigenvalue weighted by Crippen LogP contribution is -2.61. The fraction of sp³-hybridized carbons (Fsp3) is 0.208. The molecule has 1 saturated heterocycles. The summed E-state index contributed by atoms with van der Waals surface area (Å²) in [5.41, 5.74) is 1.82. The summed E-state index contributed by atoms with van der Waals surface area (Å²) in [6, 6.07) is 15.9. The number of nitrogens with zero attached hydrogens (tertiary/aromatic N) is 2. The lowest BCUT2D eigenvalue weighted by atomic mass is 9.89. The van der Waals surface area contributed by atoms with E-state index in [4.69, 9.17) is 25.8 Å². The van der Waals surface area contributed by atoms with Crippen LogP contribution < -0.4 is 19.1 Å². The number of nitro groups is 1. The van der Waals surface area contributed by atoms with E-state index < -0.39 is 17.1 Å². The number of anilines is 1. The third-order valence-corrected chi connectivity index (χ3v) is 5.74. The first-order valence-electron chi connectivity index (χ1n) is 10.1. The molecule has 0 aromatic heterocycles. The molecule has 9 heteroatoms. The van der Waals surface area contributed by atoms with Crippen molar-refractivity contribution in [2.24, 2.45) is 0 Å². The zero-order valence-corrected chi connectivity index (χ0v) is 18.9. The molecule has 2 unspecified atom stereocenters. The van der Waals surface area contributed by atoms with Gasteiger partial charge in [-0.3, -0.25) is 19.8 Å². The zero-order valence-electron chi connectivity index (χ0n) is 18.2. The first-order chi connectivity index (χ1) is 15.8. The fourth-order valence-corrected chi connectivity index (χ4v) is 4.09. The summed E-state index contributed by atoms with van der Waals surface area (Å²) in [6.07, 6.45) is -0.845. The average Bonchev–Trinajstić information content (AvgIpc) is 2.81. The van der Waals surface area contributed by atoms with E-state index in [1.165, 1.54) is 31.3 Å². The van der Waals surface area contributed by atoms with Gasteiger partial charge in [-0.05, 0) is 54.4 Å². The van der Waals surface area contributed by atoms with Gasteiger partial charge in [0.1, 0.15) is 11.8 Å². The molecule has 3 aromatic rings. The van der Waals surface area contributed by atoms with Crippen molar-refractivity contribution in [3.8, 4) is 17.2 Å². The second-order valence-corrected chi connectivity index (χ2v) is 7.93. The summed E-state index contributed by atoms with van der Waals surface area (Å²) in [5, 5.41) is 11.8. The van der Waals surface area contributed by atoms with Gasteiger partial charge in [0.2, 0.25) is 6.10 Å². The number of carbonyl (C=O) groups excluding carboxylic acids is 1. The lowest BCUT2D eigenvalue weighted by Gasteiger charge is -2.46. The topological polar surface area (TPSA) is 91.1 Å². The molecule has 0 radical (unpaired) electrons. The molecule has 0 bridgehead atoms. The number of aryl methyl sites for hydroxylation is 1. The van der Waals surface area contributed by atoms with Crippen LogP contribution in [0.5, 0.6) is 17.2 Å². The van der Waals surface area contributed by atoms with Gasteiger partial charge in [0.05, 0.1) is 24.8 Å². The van der Waals surface area contributed by atoms with Gasteiger partial charge < -0.3 is 14.2 Å². The summed E-state index contributed by atoms with van der Waals surface area (Å²) >= 11 is 6.05. The maximum Gasteiger partial charge on any atom is 0.271 e. The molecule has 1 fully saturated rings. The van der Waals surface area contributed by atoms with Crippen LogP contribution >= 0.6 is 11.6 Å². The Morgan fingerprint density at radius 2 is 1.70 bits per heavy atom. The molecule has 1 amide bonds. The number of hydrogen-bond donors (Lipinski definition) is 0. The molecule has 0 spiro atoms. The maximum absolute atomic E-state index is 13.2. The second kappa shape index (κ2) is 8.99. The zero-order chi connectivity index (χ0) is 23.7. The Balaban J connectivity index is 1.76. The summed E-state index contributed by atoms with van der Waals surface area (Å²) in [6.45, 7) is 1.84. The molecule has 1 heterocycles. The number of non-ortho nitro benzene ring substituents is 1. The van der Waals surface area contributed by atoms with Gasteiger partial charge >= 0.3 is 0 Å². The molecular weight excluding hydrogens is 448 g/mol. The Morgan fingerprint density at radius 3 is 2.36 bits per heavy atom. The Morgan fingerprint density at radius 1 is 0.970 bits per heavy atom. The second-order valence-electron chi connectivity index (χ2n) is 7.49. The molecule has 0 saturated carbocycles. The monoisotopic (exact) mass is 468 g/mol. The van der Waals surface area contributed by atoms with Crippen LogP contribution in [-0.2, 0) is 4.79 Å². The molecule has 0 aliphatic carbocycles. The first-order valence-corrected chi connectivity index (χ1v) is 10.4. The number of nitro benzene ring substituents is 1. The number of carbonyl (C=O) groups is 1. The normalized spacial score (nSPS) is 17.3. The van der Waals surface area contributed by atoms with Crippen LogP contribution in [-0.4, -0.2) is 31.2 Å². The highest BCUT2D eigenvalue weighted by Gasteiger charge is 2.51. The van der Waals surface area contributed by atoms with Gasteiger partial charge in [-0.25, -0.2) is 0 Å². The molecule has 8 nitrogen and oxygen atoms in total. The quantitative estimate of drug-likeness (QED) is 0.272. The third-order valence-electron chi connectivity index (χ3n) is 5.50. The third kappa shape index (κ3) is 4.17. The van der Waals surface area contributed by atoms with E-state index in [-0.39, 0.29) is 11.6 Å². The predicted molar refractivity (Wildman–Crippen MR) is 123 cm³/mol. The van der Waals surface area contributed by atoms with Crippen molar-refractivity contribution in [3.05, 3.63) is 86.9 Å². The molecule has 4 rings (SSSR count). The van der Waals surface area contributed by atoms with Crippen molar-refractivity contribution < 1.29 is 23.9 Å². The number of β-lactam (4-membered cyclic amide) rings is 1. The number of hydrogen-bond acceptors (Lipinski definition) is 6. The Labute approximate surface area is 195 Å². The molecule has 2 atom stereocenters. The van der Waals surface area contributed by atoms with Crippen LogP contribution in [0.15, 0.2) is 60.7 Å². The van der Waals surface area contributed by atoms with Crippen molar-refractivity contribution in [3.63, 3.8) is 0 Å². The van der Waals surface area contributed by atoms with E-state index in [2.05, 4.69) is 0 Å². The Kier molecular flexibility index (Phi) is 6.11. The van der Waals surface area contributed by atoms with Gasteiger partial charge in [0.25, 0.3) is 11.6 Å². The SMILES string of the molecule is COc1ccc(C2C(Oc3ccc(Cl)cc3C)C(=O)N2c2cccc([N+](=O)[O-])c2)cc1OC. The van der Waals surface area contributed by atoms with Crippen LogP contribution in [0.1, 0.15) is 17.2 Å². The van der Waals surface area contributed by atoms with E-state index >= 15 is 0 Å². The van der Waals surface area contributed by atoms with E-state index in [9.17, 15) is 14.9 Å². The van der Waals surface area contributed by atoms with Gasteiger partial charge in [0, 0.05) is 17.2 Å². The van der Waals surface area contributed by atoms with Gasteiger partial charge in [-0.1, -0.05) is 23.7 Å². The van der Waals surface area contributed by atoms with Gasteiger partial charge in [-0.15, -0.1) is 0 Å². The van der Waals surface area contributed by atoms with Crippen LogP contribution in [0.25, 0.3) is 0 Å². The van der Waals surface area contributed by atoms with Crippen molar-refractivity contribution in [1.29, 1.82) is 0 Å². The maximum atomic E-state index is 13.2. The molecule has 0 N–H and O–H groups in total. The largest absolute Gasteiger partial charge is 0.493 e. The molecule has 1 aliphatic rings. The van der Waals surface area contributed by atoms with E-state index in [1.54, 1.807) is 42.5 Å². The molecule has 3 aromatic carbocycles. The average molecular weight is 469 g/mol. The standard InChI is InChI=1S/C24H21ClN2O6/c1-14-11-16(25)8-10-19(14)33-23-22(15-7-9-20(31-2)21(12-15)32-3)26(24(23)28)17-5-4-6-18(13-17)27(29)30/h4-13,22-23H,1-3H3. The summed E-state index contributed by atoms with van der Waals surface area (Å²) in [7, 11) is 3.06. The summed E-state index contributed by atoms with van der Waals surface area (Å²) < 4.78 is 16.9. The van der Waals surface area contributed by atoms with E-state index in [1.807, 2.05) is 13.0 Å². The van der Waals surface area contributed by atoms with Crippen LogP contribution in [0.4, 0.5) is 11.4 Å². The Bertz CT molecular complexity index is 1230. The van der Waals surface area contributed by atoms with E-state index in [0.29, 0.717) is 28.0 Å². The molecular formula is C24H21ClN2O6. The fourth-order valence-electron chi connectivity index (χ4n) is 3.86. The summed E-state index contributed by atoms with van der Waals surface area (Å²) in [5.74, 6) is 1.25. The lowest BCUT2D eigenvalue weighted by molar-refractivity contribution is -0.384. The number of ether oxygens (including phenoxy) is 3. The van der Waals surface area contributed by atoms with Crippen LogP contribution in [0.2, 0.25) is 5.02 Å². The number of halogens is 1. The van der Waals surface area contributed by atoms with Crippen molar-refractivity contribution >= 4 is 28.9 Å².